The predicted octanol–water partition coefficient (Wildman–Crippen LogP) is 1.12. The molecule has 2 N–H and O–H groups in total. The lowest BCUT2D eigenvalue weighted by Crippen LogP contribution is -2.60. The van der Waals surface area contributed by atoms with Gasteiger partial charge < -0.3 is 15.2 Å². The summed E-state index contributed by atoms with van der Waals surface area (Å²) in [7, 11) is 0. The van der Waals surface area contributed by atoms with Crippen LogP contribution in [-0.4, -0.2) is 47.4 Å². The van der Waals surface area contributed by atoms with E-state index in [0.717, 1.165) is 24.9 Å². The number of hydrogen-bond acceptors (Lipinski definition) is 4. The summed E-state index contributed by atoms with van der Waals surface area (Å²) in [5.74, 6) is 0. The van der Waals surface area contributed by atoms with Gasteiger partial charge in [0.15, 0.2) is 0 Å². The first kappa shape index (κ1) is 13.4. The van der Waals surface area contributed by atoms with Gasteiger partial charge in [0.1, 0.15) is 6.61 Å². The molecule has 0 aliphatic carbocycles. The van der Waals surface area contributed by atoms with Crippen LogP contribution >= 0.6 is 0 Å². The zero-order valence-electron chi connectivity index (χ0n) is 11.4. The summed E-state index contributed by atoms with van der Waals surface area (Å²) < 4.78 is 5.42. The Hall–Kier alpha value is -1.59. The Morgan fingerprint density at radius 3 is 2.90 bits per heavy atom. The molecule has 0 spiro atoms. The van der Waals surface area contributed by atoms with Crippen molar-refractivity contribution in [2.75, 3.05) is 13.2 Å². The maximum absolute atomic E-state index is 12.3. The minimum absolute atomic E-state index is 0.0296. The first-order chi connectivity index (χ1) is 9.79. The summed E-state index contributed by atoms with van der Waals surface area (Å²) in [5, 5.41) is 12.7. The van der Waals surface area contributed by atoms with Crippen LogP contribution in [0.25, 0.3) is 0 Å². The highest BCUT2D eigenvalue weighted by Crippen LogP contribution is 2.30. The smallest absolute Gasteiger partial charge is 0.410 e. The average molecular weight is 276 g/mol. The number of fused-ring (bicyclic) bond motifs is 2. The van der Waals surface area contributed by atoms with Crippen LogP contribution in [0.3, 0.4) is 0 Å². The van der Waals surface area contributed by atoms with Crippen molar-refractivity contribution in [2.45, 2.75) is 37.6 Å². The molecule has 5 nitrogen and oxygen atoms in total. The van der Waals surface area contributed by atoms with Crippen molar-refractivity contribution >= 4 is 6.09 Å². The zero-order chi connectivity index (χ0) is 13.9. The second-order valence-corrected chi connectivity index (χ2v) is 5.44. The highest BCUT2D eigenvalue weighted by molar-refractivity contribution is 5.69. The number of rotatable bonds is 3. The van der Waals surface area contributed by atoms with Gasteiger partial charge in [-0.15, -0.1) is 0 Å². The zero-order valence-corrected chi connectivity index (χ0v) is 11.4. The lowest BCUT2D eigenvalue weighted by Gasteiger charge is -2.39. The van der Waals surface area contributed by atoms with Crippen LogP contribution in [0, 0.1) is 0 Å². The molecule has 2 bridgehead atoms. The first-order valence-electron chi connectivity index (χ1n) is 7.13. The van der Waals surface area contributed by atoms with E-state index in [1.807, 2.05) is 35.2 Å². The fourth-order valence-corrected chi connectivity index (χ4v) is 3.20. The van der Waals surface area contributed by atoms with Gasteiger partial charge in [0.2, 0.25) is 0 Å². The van der Waals surface area contributed by atoms with E-state index >= 15 is 0 Å². The van der Waals surface area contributed by atoms with Gasteiger partial charge in [-0.05, 0) is 18.4 Å². The molecule has 0 unspecified atom stereocenters. The lowest BCUT2D eigenvalue weighted by atomic mass is 10.1. The van der Waals surface area contributed by atoms with Crippen molar-refractivity contribution in [3.05, 3.63) is 35.9 Å². The molecular formula is C15H20N2O3. The van der Waals surface area contributed by atoms with Crippen LogP contribution in [0.4, 0.5) is 4.79 Å². The number of carbonyl (C=O) groups is 1. The van der Waals surface area contributed by atoms with Gasteiger partial charge in [-0.1, -0.05) is 30.3 Å². The van der Waals surface area contributed by atoms with E-state index in [0.29, 0.717) is 6.61 Å². The van der Waals surface area contributed by atoms with Crippen LogP contribution < -0.4 is 5.32 Å². The standard InChI is InChI=1S/C15H20N2O3/c18-9-13-14-7-6-12(8-16-13)17(14)15(19)20-10-11-4-2-1-3-5-11/h1-5,12-14,16,18H,6-10H2/t12-,13-,14+/m1/s1. The SMILES string of the molecule is O=C(OCc1ccccc1)N1[C@@H]2CC[C@H]1[C@@H](CO)NC2. The largest absolute Gasteiger partial charge is 0.445 e. The fourth-order valence-electron chi connectivity index (χ4n) is 3.20. The Bertz CT molecular complexity index is 465. The monoisotopic (exact) mass is 276 g/mol. The molecule has 2 fully saturated rings. The van der Waals surface area contributed by atoms with Crippen molar-refractivity contribution in [1.82, 2.24) is 10.2 Å². The molecule has 108 valence electrons. The molecule has 0 aromatic heterocycles. The average Bonchev–Trinajstić information content (AvgIpc) is 2.80. The third kappa shape index (κ3) is 2.51. The van der Waals surface area contributed by atoms with Crippen LogP contribution in [0.5, 0.6) is 0 Å². The van der Waals surface area contributed by atoms with Gasteiger partial charge in [0.05, 0.1) is 18.7 Å². The first-order valence-corrected chi connectivity index (χ1v) is 7.13. The Kier molecular flexibility index (Phi) is 3.89. The van der Waals surface area contributed by atoms with E-state index in [1.54, 1.807) is 0 Å². The molecule has 2 aliphatic heterocycles. The van der Waals surface area contributed by atoms with Crippen molar-refractivity contribution in [2.24, 2.45) is 0 Å². The highest BCUT2D eigenvalue weighted by atomic mass is 16.6. The molecular weight excluding hydrogens is 256 g/mol. The number of benzene rings is 1. The summed E-state index contributed by atoms with van der Waals surface area (Å²) in [5.41, 5.74) is 0.988. The molecule has 0 radical (unpaired) electrons. The Morgan fingerprint density at radius 1 is 1.35 bits per heavy atom. The van der Waals surface area contributed by atoms with Crippen molar-refractivity contribution in [1.29, 1.82) is 0 Å². The lowest BCUT2D eigenvalue weighted by molar-refractivity contribution is 0.0476. The number of nitrogens with one attached hydrogen (secondary N) is 1. The highest BCUT2D eigenvalue weighted by Gasteiger charge is 2.45. The van der Waals surface area contributed by atoms with Crippen LogP contribution in [0.1, 0.15) is 18.4 Å². The number of ether oxygens (including phenoxy) is 1. The molecule has 1 aromatic carbocycles. The molecule has 2 heterocycles. The van der Waals surface area contributed by atoms with Crippen molar-refractivity contribution in [3.63, 3.8) is 0 Å². The van der Waals surface area contributed by atoms with Crippen molar-refractivity contribution in [3.8, 4) is 0 Å². The van der Waals surface area contributed by atoms with E-state index in [2.05, 4.69) is 5.32 Å². The van der Waals surface area contributed by atoms with Crippen molar-refractivity contribution < 1.29 is 14.6 Å². The molecule has 20 heavy (non-hydrogen) atoms. The Morgan fingerprint density at radius 2 is 2.15 bits per heavy atom. The fraction of sp³-hybridized carbons (Fsp3) is 0.533. The summed E-state index contributed by atoms with van der Waals surface area (Å²) in [6.07, 6.45) is 1.65. The van der Waals surface area contributed by atoms with Gasteiger partial charge >= 0.3 is 6.09 Å². The van der Waals surface area contributed by atoms with E-state index in [4.69, 9.17) is 4.74 Å². The number of hydrogen-bond donors (Lipinski definition) is 2. The van der Waals surface area contributed by atoms with Crippen LogP contribution in [0.15, 0.2) is 30.3 Å². The van der Waals surface area contributed by atoms with E-state index < -0.39 is 0 Å². The normalized spacial score (nSPS) is 28.4. The van der Waals surface area contributed by atoms with E-state index in [1.165, 1.54) is 0 Å². The Labute approximate surface area is 118 Å². The van der Waals surface area contributed by atoms with Gasteiger partial charge in [-0.3, -0.25) is 4.90 Å². The number of amides is 1. The second kappa shape index (κ2) is 5.81. The van der Waals surface area contributed by atoms with Crippen LogP contribution in [0.2, 0.25) is 0 Å². The molecule has 5 heteroatoms. The van der Waals surface area contributed by atoms with Gasteiger partial charge in [0, 0.05) is 12.6 Å². The minimum Gasteiger partial charge on any atom is -0.445 e. The molecule has 2 saturated heterocycles. The van der Waals surface area contributed by atoms with E-state index in [-0.39, 0.29) is 30.8 Å². The number of aliphatic hydroxyl groups is 1. The number of piperazine rings is 1. The van der Waals surface area contributed by atoms with Gasteiger partial charge in [-0.2, -0.15) is 0 Å². The Balaban J connectivity index is 1.62. The third-order valence-corrected chi connectivity index (χ3v) is 4.24. The van der Waals surface area contributed by atoms with E-state index in [9.17, 15) is 9.90 Å². The van der Waals surface area contributed by atoms with Gasteiger partial charge in [-0.25, -0.2) is 4.79 Å². The van der Waals surface area contributed by atoms with Crippen LogP contribution in [-0.2, 0) is 11.3 Å². The molecule has 1 aromatic rings. The summed E-state index contributed by atoms with van der Waals surface area (Å²) >= 11 is 0. The molecule has 3 atom stereocenters. The summed E-state index contributed by atoms with van der Waals surface area (Å²) in [6, 6.07) is 9.91. The maximum Gasteiger partial charge on any atom is 0.410 e. The second-order valence-electron chi connectivity index (χ2n) is 5.44. The minimum atomic E-state index is -0.263. The van der Waals surface area contributed by atoms with Gasteiger partial charge in [0.25, 0.3) is 0 Å². The topological polar surface area (TPSA) is 61.8 Å². The number of aliphatic hydroxyl groups excluding tert-OH is 1. The third-order valence-electron chi connectivity index (χ3n) is 4.24. The molecule has 2 aliphatic rings. The number of nitrogens with zero attached hydrogens (tertiary/aromatic N) is 1. The molecule has 1 amide bonds. The maximum atomic E-state index is 12.3. The quantitative estimate of drug-likeness (QED) is 0.868. The molecule has 3 rings (SSSR count). The molecule has 0 saturated carbocycles. The predicted molar refractivity (Wildman–Crippen MR) is 74.2 cm³/mol. The summed E-state index contributed by atoms with van der Waals surface area (Å²) in [4.78, 5) is 14.1. The number of carbonyl (C=O) groups excluding carboxylic acids is 1. The summed E-state index contributed by atoms with van der Waals surface area (Å²) in [6.45, 7) is 1.09.